The minimum absolute atomic E-state index is 0.0967. The molecule has 0 radical (unpaired) electrons. The summed E-state index contributed by atoms with van der Waals surface area (Å²) in [5.41, 5.74) is 3.18. The summed E-state index contributed by atoms with van der Waals surface area (Å²) in [4.78, 5) is 13.4. The van der Waals surface area contributed by atoms with E-state index in [2.05, 4.69) is 0 Å². The lowest BCUT2D eigenvalue weighted by molar-refractivity contribution is 0.0860. The molecule has 0 spiro atoms. The fourth-order valence-corrected chi connectivity index (χ4v) is 4.99. The molecule has 5 heteroatoms. The van der Waals surface area contributed by atoms with Gasteiger partial charge in [0.05, 0.1) is 10.4 Å². The van der Waals surface area contributed by atoms with Gasteiger partial charge in [0.15, 0.2) is 5.78 Å². The maximum atomic E-state index is 13.5. The molecule has 158 valence electrons. The highest BCUT2D eigenvalue weighted by atomic mass is 32.2. The van der Waals surface area contributed by atoms with E-state index in [0.717, 1.165) is 16.7 Å². The first-order valence-electron chi connectivity index (χ1n) is 10.2. The van der Waals surface area contributed by atoms with Crippen LogP contribution >= 0.6 is 0 Å². The molecule has 0 atom stereocenters. The molecular weight excluding hydrogens is 406 g/mol. The number of nitrogens with zero attached hydrogens (tertiary/aromatic N) is 1. The summed E-state index contributed by atoms with van der Waals surface area (Å²) in [6.07, 6.45) is 1.47. The molecule has 4 nitrogen and oxygen atoms in total. The number of hydrogen-bond donors (Lipinski definition) is 0. The molecule has 0 saturated heterocycles. The van der Waals surface area contributed by atoms with Gasteiger partial charge in [-0.25, -0.2) is 12.4 Å². The van der Waals surface area contributed by atoms with Crippen molar-refractivity contribution in [3.05, 3.63) is 90.1 Å². The van der Waals surface area contributed by atoms with Gasteiger partial charge in [-0.3, -0.25) is 4.79 Å². The smallest absolute Gasteiger partial charge is 0.268 e. The number of hydrogen-bond acceptors (Lipinski definition) is 3. The van der Waals surface area contributed by atoms with Gasteiger partial charge in [0.2, 0.25) is 0 Å². The van der Waals surface area contributed by atoms with Crippen LogP contribution in [0, 0.1) is 12.3 Å². The fraction of sp³-hybridized carbons (Fsp3) is 0.192. The third-order valence-electron chi connectivity index (χ3n) is 5.38. The molecular formula is C26H25NO3S. The number of rotatable bonds is 4. The van der Waals surface area contributed by atoms with Crippen LogP contribution in [0.1, 0.15) is 36.7 Å². The Morgan fingerprint density at radius 2 is 1.48 bits per heavy atom. The molecule has 0 amide bonds. The molecule has 0 aliphatic carbocycles. The maximum Gasteiger partial charge on any atom is 0.268 e. The SMILES string of the molecule is Cc1ccc(S(=O)(=O)n2cc(C(=O)C(C)(C)C)c3cc(-c4ccccc4)ccc32)cc1. The molecule has 0 saturated carbocycles. The Kier molecular flexibility index (Phi) is 5.10. The molecule has 31 heavy (non-hydrogen) atoms. The summed E-state index contributed by atoms with van der Waals surface area (Å²) in [5, 5.41) is 0.636. The molecule has 0 aliphatic rings. The second-order valence-electron chi connectivity index (χ2n) is 8.83. The Morgan fingerprint density at radius 3 is 2.10 bits per heavy atom. The molecule has 4 rings (SSSR count). The van der Waals surface area contributed by atoms with E-state index >= 15 is 0 Å². The molecule has 0 unspecified atom stereocenters. The van der Waals surface area contributed by atoms with E-state index in [4.69, 9.17) is 0 Å². The second kappa shape index (κ2) is 7.50. The Balaban J connectivity index is 1.99. The fourth-order valence-electron chi connectivity index (χ4n) is 3.62. The quantitative estimate of drug-likeness (QED) is 0.368. The third-order valence-corrected chi connectivity index (χ3v) is 7.07. The summed E-state index contributed by atoms with van der Waals surface area (Å²) in [6, 6.07) is 22.2. The van der Waals surface area contributed by atoms with Gasteiger partial charge in [-0.05, 0) is 42.3 Å². The van der Waals surface area contributed by atoms with Gasteiger partial charge in [-0.1, -0.05) is 74.9 Å². The number of carbonyl (C=O) groups is 1. The summed E-state index contributed by atoms with van der Waals surface area (Å²) in [7, 11) is -3.85. The minimum atomic E-state index is -3.85. The van der Waals surface area contributed by atoms with Crippen LogP contribution in [-0.2, 0) is 10.0 Å². The van der Waals surface area contributed by atoms with Gasteiger partial charge in [0.25, 0.3) is 10.0 Å². The van der Waals surface area contributed by atoms with Crippen LogP contribution in [0.4, 0.5) is 0 Å². The molecule has 3 aromatic carbocycles. The number of fused-ring (bicyclic) bond motifs is 1. The summed E-state index contributed by atoms with van der Waals surface area (Å²) in [5.74, 6) is -0.0967. The number of carbonyl (C=O) groups excluding carboxylic acids is 1. The Labute approximate surface area is 183 Å². The van der Waals surface area contributed by atoms with Gasteiger partial charge in [0, 0.05) is 22.6 Å². The highest BCUT2D eigenvalue weighted by molar-refractivity contribution is 7.90. The third kappa shape index (κ3) is 3.81. The van der Waals surface area contributed by atoms with Crippen LogP contribution in [0.3, 0.4) is 0 Å². The van der Waals surface area contributed by atoms with Crippen LogP contribution in [0.15, 0.2) is 83.9 Å². The zero-order valence-electron chi connectivity index (χ0n) is 18.1. The topological polar surface area (TPSA) is 56.1 Å². The van der Waals surface area contributed by atoms with E-state index in [1.54, 1.807) is 30.3 Å². The van der Waals surface area contributed by atoms with Crippen LogP contribution in [0.5, 0.6) is 0 Å². The highest BCUT2D eigenvalue weighted by Crippen LogP contribution is 2.33. The Morgan fingerprint density at radius 1 is 0.839 bits per heavy atom. The first kappa shape index (κ1) is 21.1. The standard InChI is InChI=1S/C26H25NO3S/c1-18-10-13-21(14-11-18)31(29,30)27-17-23(25(28)26(2,3)4)22-16-20(12-15-24(22)27)19-8-6-5-7-9-19/h5-17H,1-4H3. The van der Waals surface area contributed by atoms with Crippen LogP contribution in [0.25, 0.3) is 22.0 Å². The van der Waals surface area contributed by atoms with Gasteiger partial charge in [-0.15, -0.1) is 0 Å². The van der Waals surface area contributed by atoms with Crippen molar-refractivity contribution in [1.29, 1.82) is 0 Å². The minimum Gasteiger partial charge on any atom is -0.294 e. The molecule has 1 heterocycles. The summed E-state index contributed by atoms with van der Waals surface area (Å²) >= 11 is 0. The van der Waals surface area contributed by atoms with E-state index in [1.165, 1.54) is 10.2 Å². The summed E-state index contributed by atoms with van der Waals surface area (Å²) < 4.78 is 28.1. The van der Waals surface area contributed by atoms with Crippen molar-refractivity contribution >= 4 is 26.7 Å². The molecule has 0 N–H and O–H groups in total. The number of aromatic nitrogens is 1. The predicted octanol–water partition coefficient (Wildman–Crippen LogP) is 6.08. The van der Waals surface area contributed by atoms with Crippen molar-refractivity contribution in [2.24, 2.45) is 5.41 Å². The van der Waals surface area contributed by atoms with Crippen molar-refractivity contribution < 1.29 is 13.2 Å². The van der Waals surface area contributed by atoms with Crippen LogP contribution in [-0.4, -0.2) is 18.2 Å². The van der Waals surface area contributed by atoms with Crippen molar-refractivity contribution in [3.8, 4) is 11.1 Å². The predicted molar refractivity (Wildman–Crippen MR) is 125 cm³/mol. The van der Waals surface area contributed by atoms with E-state index in [9.17, 15) is 13.2 Å². The van der Waals surface area contributed by atoms with Crippen LogP contribution in [0.2, 0.25) is 0 Å². The number of aryl methyl sites for hydroxylation is 1. The lowest BCUT2D eigenvalue weighted by Gasteiger charge is -2.15. The molecule has 0 bridgehead atoms. The summed E-state index contributed by atoms with van der Waals surface area (Å²) in [6.45, 7) is 7.43. The zero-order valence-corrected chi connectivity index (χ0v) is 18.9. The van der Waals surface area contributed by atoms with Gasteiger partial charge < -0.3 is 0 Å². The van der Waals surface area contributed by atoms with Crippen LogP contribution < -0.4 is 0 Å². The number of benzene rings is 3. The van der Waals surface area contributed by atoms with Gasteiger partial charge in [0.1, 0.15) is 0 Å². The van der Waals surface area contributed by atoms with Crippen molar-refractivity contribution in [2.75, 3.05) is 0 Å². The van der Waals surface area contributed by atoms with E-state index in [1.807, 2.05) is 70.2 Å². The largest absolute Gasteiger partial charge is 0.294 e. The van der Waals surface area contributed by atoms with Crippen molar-refractivity contribution in [1.82, 2.24) is 3.97 Å². The monoisotopic (exact) mass is 431 g/mol. The normalized spacial score (nSPS) is 12.3. The lowest BCUT2D eigenvalue weighted by Crippen LogP contribution is -2.20. The van der Waals surface area contributed by atoms with Crippen molar-refractivity contribution in [2.45, 2.75) is 32.6 Å². The van der Waals surface area contributed by atoms with E-state index in [-0.39, 0.29) is 10.7 Å². The molecule has 0 aliphatic heterocycles. The Bertz CT molecular complexity index is 1370. The molecule has 0 fully saturated rings. The first-order valence-corrected chi connectivity index (χ1v) is 11.6. The number of Topliss-reactive ketones (excluding diaryl/α,β-unsaturated/α-hetero) is 1. The maximum absolute atomic E-state index is 13.5. The van der Waals surface area contributed by atoms with E-state index < -0.39 is 15.4 Å². The number of ketones is 1. The highest BCUT2D eigenvalue weighted by Gasteiger charge is 2.29. The zero-order chi connectivity index (χ0) is 22.4. The van der Waals surface area contributed by atoms with Crippen molar-refractivity contribution in [3.63, 3.8) is 0 Å². The van der Waals surface area contributed by atoms with Gasteiger partial charge >= 0.3 is 0 Å². The average molecular weight is 432 g/mol. The Hall–Kier alpha value is -3.18. The molecule has 1 aromatic heterocycles. The van der Waals surface area contributed by atoms with Gasteiger partial charge in [-0.2, -0.15) is 0 Å². The van der Waals surface area contributed by atoms with E-state index in [0.29, 0.717) is 16.5 Å². The molecule has 4 aromatic rings. The first-order chi connectivity index (χ1) is 14.6. The second-order valence-corrected chi connectivity index (χ2v) is 10.6. The average Bonchev–Trinajstić information content (AvgIpc) is 3.13. The lowest BCUT2D eigenvalue weighted by atomic mass is 9.86.